The molecule has 0 aromatic heterocycles. The van der Waals surface area contributed by atoms with E-state index < -0.39 is 17.5 Å². The maximum absolute atomic E-state index is 13.1. The second-order valence-corrected chi connectivity index (χ2v) is 4.41. The fourth-order valence-corrected chi connectivity index (χ4v) is 1.77. The van der Waals surface area contributed by atoms with Crippen LogP contribution >= 0.6 is 0 Å². The van der Waals surface area contributed by atoms with Crippen molar-refractivity contribution >= 4 is 11.6 Å². The third-order valence-electron chi connectivity index (χ3n) is 2.63. The van der Waals surface area contributed by atoms with E-state index in [1.54, 1.807) is 24.3 Å². The van der Waals surface area contributed by atoms with E-state index in [1.165, 1.54) is 12.1 Å². The highest BCUT2D eigenvalue weighted by molar-refractivity contribution is 5.75. The monoisotopic (exact) mass is 292 g/mol. The number of carbonyl (C=O) groups excluding carboxylic acids is 1. The predicted octanol–water partition coefficient (Wildman–Crippen LogP) is 2.44. The number of primary amides is 1. The molecule has 2 aromatic rings. The number of halogens is 2. The molecule has 0 unspecified atom stereocenters. The van der Waals surface area contributed by atoms with Crippen molar-refractivity contribution in [3.63, 3.8) is 0 Å². The molecule has 6 heteroatoms. The maximum Gasteiger partial charge on any atom is 0.255 e. The van der Waals surface area contributed by atoms with Crippen LogP contribution in [0.2, 0.25) is 0 Å². The highest BCUT2D eigenvalue weighted by Crippen LogP contribution is 2.18. The lowest BCUT2D eigenvalue weighted by Crippen LogP contribution is -2.20. The Morgan fingerprint density at radius 3 is 2.52 bits per heavy atom. The molecule has 0 spiro atoms. The molecule has 110 valence electrons. The van der Waals surface area contributed by atoms with Gasteiger partial charge in [0, 0.05) is 24.4 Å². The Labute approximate surface area is 120 Å². The topological polar surface area (TPSA) is 64.4 Å². The lowest BCUT2D eigenvalue weighted by Gasteiger charge is -2.09. The Morgan fingerprint density at radius 2 is 1.86 bits per heavy atom. The van der Waals surface area contributed by atoms with Crippen LogP contribution in [0, 0.1) is 11.6 Å². The third kappa shape index (κ3) is 4.76. The number of nitrogens with one attached hydrogen (secondary N) is 1. The molecule has 2 aromatic carbocycles. The number of carbonyl (C=O) groups is 1. The highest BCUT2D eigenvalue weighted by atomic mass is 19.1. The van der Waals surface area contributed by atoms with Crippen LogP contribution in [-0.4, -0.2) is 12.5 Å². The van der Waals surface area contributed by atoms with Crippen LogP contribution < -0.4 is 15.8 Å². The number of hydrogen-bond acceptors (Lipinski definition) is 3. The number of amides is 1. The standard InChI is InChI=1S/C15H14F2N2O2/c16-11-4-10(5-12(17)6-11)8-19-13-2-1-3-14(7-13)21-9-15(18)20/h1-7,19H,8-9H2,(H2,18,20). The van der Waals surface area contributed by atoms with Crippen LogP contribution in [0.15, 0.2) is 42.5 Å². The van der Waals surface area contributed by atoms with Gasteiger partial charge in [-0.3, -0.25) is 4.79 Å². The zero-order valence-corrected chi connectivity index (χ0v) is 11.1. The van der Waals surface area contributed by atoms with E-state index in [-0.39, 0.29) is 13.2 Å². The van der Waals surface area contributed by atoms with E-state index >= 15 is 0 Å². The summed E-state index contributed by atoms with van der Waals surface area (Å²) in [6, 6.07) is 10.2. The van der Waals surface area contributed by atoms with E-state index in [1.807, 2.05) is 0 Å². The first-order valence-electron chi connectivity index (χ1n) is 6.23. The zero-order valence-electron chi connectivity index (χ0n) is 11.1. The molecular weight excluding hydrogens is 278 g/mol. The summed E-state index contributed by atoms with van der Waals surface area (Å²) in [5, 5.41) is 3.01. The molecule has 0 aliphatic carbocycles. The van der Waals surface area contributed by atoms with E-state index in [9.17, 15) is 13.6 Å². The summed E-state index contributed by atoms with van der Waals surface area (Å²) in [6.45, 7) is 0.0481. The van der Waals surface area contributed by atoms with Crippen molar-refractivity contribution in [1.82, 2.24) is 0 Å². The lowest BCUT2D eigenvalue weighted by atomic mass is 10.2. The molecule has 1 amide bonds. The third-order valence-corrected chi connectivity index (χ3v) is 2.63. The molecule has 21 heavy (non-hydrogen) atoms. The van der Waals surface area contributed by atoms with Gasteiger partial charge in [0.25, 0.3) is 5.91 Å². The van der Waals surface area contributed by atoms with Crippen LogP contribution in [0.4, 0.5) is 14.5 Å². The summed E-state index contributed by atoms with van der Waals surface area (Å²) < 4.78 is 31.3. The van der Waals surface area contributed by atoms with Crippen LogP contribution in [-0.2, 0) is 11.3 Å². The van der Waals surface area contributed by atoms with Crippen LogP contribution in [0.25, 0.3) is 0 Å². The van der Waals surface area contributed by atoms with Gasteiger partial charge in [0.1, 0.15) is 17.4 Å². The molecule has 2 rings (SSSR count). The summed E-state index contributed by atoms with van der Waals surface area (Å²) in [6.07, 6.45) is 0. The van der Waals surface area contributed by atoms with Gasteiger partial charge in [0.2, 0.25) is 0 Å². The van der Waals surface area contributed by atoms with E-state index in [0.29, 0.717) is 17.0 Å². The summed E-state index contributed by atoms with van der Waals surface area (Å²) in [4.78, 5) is 10.6. The van der Waals surface area contributed by atoms with Gasteiger partial charge in [-0.1, -0.05) is 6.07 Å². The molecule has 0 aliphatic heterocycles. The Morgan fingerprint density at radius 1 is 1.14 bits per heavy atom. The van der Waals surface area contributed by atoms with Gasteiger partial charge >= 0.3 is 0 Å². The first kappa shape index (κ1) is 14.8. The second-order valence-electron chi connectivity index (χ2n) is 4.41. The number of anilines is 1. The first-order valence-corrected chi connectivity index (χ1v) is 6.23. The molecule has 0 heterocycles. The van der Waals surface area contributed by atoms with Gasteiger partial charge in [0.15, 0.2) is 6.61 Å². The van der Waals surface area contributed by atoms with Crippen LogP contribution in [0.5, 0.6) is 5.75 Å². The van der Waals surface area contributed by atoms with Crippen molar-refractivity contribution in [3.8, 4) is 5.75 Å². The Balaban J connectivity index is 1.99. The van der Waals surface area contributed by atoms with E-state index in [2.05, 4.69) is 5.32 Å². The Hall–Kier alpha value is -2.63. The molecule has 0 radical (unpaired) electrons. The van der Waals surface area contributed by atoms with Gasteiger partial charge < -0.3 is 15.8 Å². The molecule has 0 saturated carbocycles. The summed E-state index contributed by atoms with van der Waals surface area (Å²) in [5.41, 5.74) is 6.17. The largest absolute Gasteiger partial charge is 0.484 e. The molecule has 0 bridgehead atoms. The van der Waals surface area contributed by atoms with Crippen molar-refractivity contribution in [2.75, 3.05) is 11.9 Å². The van der Waals surface area contributed by atoms with Gasteiger partial charge in [0.05, 0.1) is 0 Å². The van der Waals surface area contributed by atoms with Crippen LogP contribution in [0.1, 0.15) is 5.56 Å². The summed E-state index contributed by atoms with van der Waals surface area (Å²) in [5.74, 6) is -1.33. The SMILES string of the molecule is NC(=O)COc1cccc(NCc2cc(F)cc(F)c2)c1. The van der Waals surface area contributed by atoms with Crippen molar-refractivity contribution in [2.45, 2.75) is 6.54 Å². The highest BCUT2D eigenvalue weighted by Gasteiger charge is 2.02. The van der Waals surface area contributed by atoms with Gasteiger partial charge in [-0.15, -0.1) is 0 Å². The predicted molar refractivity (Wildman–Crippen MR) is 74.8 cm³/mol. The Bertz CT molecular complexity index is 627. The van der Waals surface area contributed by atoms with Gasteiger partial charge in [-0.05, 0) is 29.8 Å². The maximum atomic E-state index is 13.1. The number of rotatable bonds is 6. The number of benzene rings is 2. The molecule has 0 aliphatic rings. The average molecular weight is 292 g/mol. The summed E-state index contributed by atoms with van der Waals surface area (Å²) in [7, 11) is 0. The molecule has 0 fully saturated rings. The minimum Gasteiger partial charge on any atom is -0.484 e. The molecule has 4 nitrogen and oxygen atoms in total. The molecular formula is C15H14F2N2O2. The number of nitrogens with two attached hydrogens (primary N) is 1. The van der Waals surface area contributed by atoms with Crippen molar-refractivity contribution in [2.24, 2.45) is 5.73 Å². The molecule has 3 N–H and O–H groups in total. The average Bonchev–Trinajstić information content (AvgIpc) is 2.42. The van der Waals surface area contributed by atoms with Crippen molar-refractivity contribution < 1.29 is 18.3 Å². The Kier molecular flexibility index (Phi) is 4.71. The fraction of sp³-hybridized carbons (Fsp3) is 0.133. The number of ether oxygens (including phenoxy) is 1. The molecule has 0 atom stereocenters. The van der Waals surface area contributed by atoms with Gasteiger partial charge in [-0.2, -0.15) is 0 Å². The first-order chi connectivity index (χ1) is 10.0. The number of hydrogen-bond donors (Lipinski definition) is 2. The minimum absolute atomic E-state index is 0.210. The quantitative estimate of drug-likeness (QED) is 0.859. The van der Waals surface area contributed by atoms with Crippen LogP contribution in [0.3, 0.4) is 0 Å². The summed E-state index contributed by atoms with van der Waals surface area (Å²) >= 11 is 0. The second kappa shape index (κ2) is 6.69. The fourth-order valence-electron chi connectivity index (χ4n) is 1.77. The normalized spacial score (nSPS) is 10.2. The molecule has 0 saturated heterocycles. The lowest BCUT2D eigenvalue weighted by molar-refractivity contribution is -0.119. The smallest absolute Gasteiger partial charge is 0.255 e. The van der Waals surface area contributed by atoms with E-state index in [0.717, 1.165) is 6.07 Å². The minimum atomic E-state index is -0.620. The van der Waals surface area contributed by atoms with E-state index in [4.69, 9.17) is 10.5 Å². The van der Waals surface area contributed by atoms with Crippen molar-refractivity contribution in [3.05, 3.63) is 59.7 Å². The zero-order chi connectivity index (χ0) is 15.2. The van der Waals surface area contributed by atoms with Gasteiger partial charge in [-0.25, -0.2) is 8.78 Å². The van der Waals surface area contributed by atoms with Crippen molar-refractivity contribution in [1.29, 1.82) is 0 Å².